The molecule has 1 aliphatic rings. The number of methoxy groups -OCH3 is 2. The van der Waals surface area contributed by atoms with Crippen LogP contribution in [0.5, 0.6) is 11.5 Å². The lowest BCUT2D eigenvalue weighted by Crippen LogP contribution is -3.09. The van der Waals surface area contributed by atoms with Crippen LogP contribution in [0, 0.1) is 0 Å². The molecule has 0 radical (unpaired) electrons. The molecule has 1 fully saturated rings. The van der Waals surface area contributed by atoms with E-state index in [1.54, 1.807) is 14.2 Å². The largest absolute Gasteiger partial charge is 0.497 e. The molecule has 1 N–H and O–H groups in total. The first-order valence-electron chi connectivity index (χ1n) is 9.80. The molecule has 1 aliphatic heterocycles. The molecule has 29 heavy (non-hydrogen) atoms. The van der Waals surface area contributed by atoms with Crippen LogP contribution in [0.3, 0.4) is 0 Å². The van der Waals surface area contributed by atoms with E-state index in [2.05, 4.69) is 17.0 Å². The number of piperazine rings is 1. The van der Waals surface area contributed by atoms with E-state index in [-0.39, 0.29) is 5.91 Å². The lowest BCUT2D eigenvalue weighted by Gasteiger charge is -2.36. The van der Waals surface area contributed by atoms with E-state index in [4.69, 9.17) is 21.1 Å². The summed E-state index contributed by atoms with van der Waals surface area (Å²) < 4.78 is 10.6. The molecule has 1 heterocycles. The Bertz CT molecular complexity index is 821. The molecule has 2 aromatic carbocycles. The summed E-state index contributed by atoms with van der Waals surface area (Å²) in [5.74, 6) is 1.83. The van der Waals surface area contributed by atoms with E-state index >= 15 is 0 Å². The summed E-state index contributed by atoms with van der Waals surface area (Å²) in [5, 5.41) is 0.676. The number of ether oxygens (including phenoxy) is 2. The van der Waals surface area contributed by atoms with Crippen molar-refractivity contribution in [2.24, 2.45) is 0 Å². The van der Waals surface area contributed by atoms with Crippen molar-refractivity contribution in [2.45, 2.75) is 6.54 Å². The second-order valence-corrected chi connectivity index (χ2v) is 7.77. The van der Waals surface area contributed by atoms with Gasteiger partial charge in [-0.2, -0.15) is 0 Å². The smallest absolute Gasteiger partial charge is 0.277 e. The first kappa shape index (κ1) is 21.3. The van der Waals surface area contributed by atoms with Crippen LogP contribution in [0.4, 0.5) is 5.69 Å². The molecule has 1 saturated heterocycles. The van der Waals surface area contributed by atoms with Crippen LogP contribution in [0.1, 0.15) is 5.56 Å². The monoisotopic (exact) mass is 418 g/mol. The summed E-state index contributed by atoms with van der Waals surface area (Å²) in [6, 6.07) is 13.6. The zero-order valence-corrected chi connectivity index (χ0v) is 18.0. The van der Waals surface area contributed by atoms with Gasteiger partial charge in [0.05, 0.1) is 21.3 Å². The Morgan fingerprint density at radius 1 is 1.03 bits per heavy atom. The van der Waals surface area contributed by atoms with Crippen LogP contribution in [-0.4, -0.2) is 64.8 Å². The lowest BCUT2D eigenvalue weighted by atomic mass is 10.2. The molecular formula is C22H29ClN3O3+. The van der Waals surface area contributed by atoms with Gasteiger partial charge in [-0.1, -0.05) is 11.6 Å². The van der Waals surface area contributed by atoms with Gasteiger partial charge in [-0.25, -0.2) is 0 Å². The van der Waals surface area contributed by atoms with Crippen molar-refractivity contribution < 1.29 is 19.2 Å². The Kier molecular flexibility index (Phi) is 7.23. The normalized spacial score (nSPS) is 15.2. The third-order valence-corrected chi connectivity index (χ3v) is 5.49. The summed E-state index contributed by atoms with van der Waals surface area (Å²) in [4.78, 5) is 18.1. The lowest BCUT2D eigenvalue weighted by molar-refractivity contribution is -0.885. The molecule has 2 aromatic rings. The molecule has 0 bridgehead atoms. The number of anilines is 1. The van der Waals surface area contributed by atoms with Gasteiger partial charge in [0.15, 0.2) is 6.54 Å². The molecular weight excluding hydrogens is 390 g/mol. The highest BCUT2D eigenvalue weighted by Gasteiger charge is 2.24. The van der Waals surface area contributed by atoms with Crippen molar-refractivity contribution in [3.8, 4) is 11.5 Å². The highest BCUT2D eigenvalue weighted by molar-refractivity contribution is 6.30. The quantitative estimate of drug-likeness (QED) is 0.743. The molecule has 1 unspecified atom stereocenters. The molecule has 6 nitrogen and oxygen atoms in total. The highest BCUT2D eigenvalue weighted by Crippen LogP contribution is 2.22. The maximum absolute atomic E-state index is 12.8. The minimum Gasteiger partial charge on any atom is -0.497 e. The summed E-state index contributed by atoms with van der Waals surface area (Å²) in [6.07, 6.45) is 0. The highest BCUT2D eigenvalue weighted by atomic mass is 35.5. The molecule has 0 spiro atoms. The number of carbonyl (C=O) groups excluding carboxylic acids is 1. The van der Waals surface area contributed by atoms with E-state index in [1.807, 2.05) is 42.3 Å². The van der Waals surface area contributed by atoms with Gasteiger partial charge < -0.3 is 24.2 Å². The Labute approximate surface area is 177 Å². The van der Waals surface area contributed by atoms with E-state index in [9.17, 15) is 4.79 Å². The zero-order chi connectivity index (χ0) is 20.8. The van der Waals surface area contributed by atoms with Crippen molar-refractivity contribution in [1.82, 2.24) is 4.90 Å². The number of likely N-dealkylation sites (N-methyl/N-ethyl adjacent to an activating group) is 1. The fraction of sp³-hybridized carbons (Fsp3) is 0.409. The number of amides is 1. The predicted octanol–water partition coefficient (Wildman–Crippen LogP) is 1.72. The van der Waals surface area contributed by atoms with Gasteiger partial charge in [-0.3, -0.25) is 4.79 Å². The van der Waals surface area contributed by atoms with Crippen LogP contribution in [0.15, 0.2) is 42.5 Å². The first-order chi connectivity index (χ1) is 14.0. The Morgan fingerprint density at radius 2 is 1.72 bits per heavy atom. The van der Waals surface area contributed by atoms with Gasteiger partial charge in [0.2, 0.25) is 0 Å². The van der Waals surface area contributed by atoms with Gasteiger partial charge in [0, 0.05) is 42.5 Å². The summed E-state index contributed by atoms with van der Waals surface area (Å²) in [7, 11) is 5.34. The molecule has 7 heteroatoms. The molecule has 0 saturated carbocycles. The third-order valence-electron chi connectivity index (χ3n) is 5.26. The van der Waals surface area contributed by atoms with Crippen molar-refractivity contribution in [3.63, 3.8) is 0 Å². The molecule has 3 rings (SSSR count). The van der Waals surface area contributed by atoms with Crippen LogP contribution in [0.25, 0.3) is 0 Å². The van der Waals surface area contributed by atoms with Crippen LogP contribution in [0.2, 0.25) is 5.02 Å². The number of halogens is 1. The van der Waals surface area contributed by atoms with E-state index in [0.29, 0.717) is 18.1 Å². The molecule has 1 amide bonds. The zero-order valence-electron chi connectivity index (χ0n) is 17.3. The van der Waals surface area contributed by atoms with Gasteiger partial charge in [-0.15, -0.1) is 0 Å². The number of quaternary nitrogens is 1. The second kappa shape index (κ2) is 9.85. The van der Waals surface area contributed by atoms with Crippen LogP contribution < -0.4 is 19.3 Å². The van der Waals surface area contributed by atoms with Crippen molar-refractivity contribution in [1.29, 1.82) is 0 Å². The predicted molar refractivity (Wildman–Crippen MR) is 115 cm³/mol. The number of carbonyl (C=O) groups is 1. The van der Waals surface area contributed by atoms with Gasteiger partial charge in [-0.05, 0) is 42.5 Å². The van der Waals surface area contributed by atoms with E-state index in [0.717, 1.165) is 53.8 Å². The van der Waals surface area contributed by atoms with E-state index in [1.165, 1.54) is 0 Å². The summed E-state index contributed by atoms with van der Waals surface area (Å²) in [6.45, 7) is 4.26. The average Bonchev–Trinajstić information content (AvgIpc) is 2.74. The minimum atomic E-state index is 0.179. The molecule has 0 aliphatic carbocycles. The second-order valence-electron chi connectivity index (χ2n) is 7.33. The van der Waals surface area contributed by atoms with E-state index < -0.39 is 0 Å². The Morgan fingerprint density at radius 3 is 2.34 bits per heavy atom. The maximum Gasteiger partial charge on any atom is 0.277 e. The number of nitrogens with zero attached hydrogens (tertiary/aromatic N) is 2. The van der Waals surface area contributed by atoms with Crippen molar-refractivity contribution >= 4 is 23.2 Å². The Hall–Kier alpha value is -2.44. The molecule has 1 atom stereocenters. The third kappa shape index (κ3) is 5.55. The number of nitrogens with one attached hydrogen (secondary N) is 1. The standard InChI is InChI=1S/C22H28ClN3O3/c1-24(15-17-14-18(23)4-9-21(17)29-3)16-22(27)26-12-10-25(11-13-26)19-5-7-20(28-2)8-6-19/h4-9,14H,10-13,15-16H2,1-3H3/p+1. The van der Waals surface area contributed by atoms with Crippen LogP contribution in [-0.2, 0) is 11.3 Å². The molecule has 156 valence electrons. The SMILES string of the molecule is COc1ccc(N2CCN(C(=O)C[NH+](C)Cc3cc(Cl)ccc3OC)CC2)cc1. The number of hydrogen-bond donors (Lipinski definition) is 1. The van der Waals surface area contributed by atoms with Crippen molar-refractivity contribution in [2.75, 3.05) is 58.9 Å². The average molecular weight is 419 g/mol. The Balaban J connectivity index is 1.51. The summed E-state index contributed by atoms with van der Waals surface area (Å²) >= 11 is 6.11. The first-order valence-corrected chi connectivity index (χ1v) is 10.2. The number of rotatable bonds is 7. The molecule has 0 aromatic heterocycles. The summed E-state index contributed by atoms with van der Waals surface area (Å²) in [5.41, 5.74) is 2.17. The van der Waals surface area contributed by atoms with Crippen LogP contribution >= 0.6 is 11.6 Å². The number of benzene rings is 2. The van der Waals surface area contributed by atoms with Crippen molar-refractivity contribution in [3.05, 3.63) is 53.1 Å². The van der Waals surface area contributed by atoms with Gasteiger partial charge in [0.25, 0.3) is 5.91 Å². The maximum atomic E-state index is 12.8. The fourth-order valence-corrected chi connectivity index (χ4v) is 3.84. The van der Waals surface area contributed by atoms with Gasteiger partial charge >= 0.3 is 0 Å². The topological polar surface area (TPSA) is 46.5 Å². The minimum absolute atomic E-state index is 0.179. The van der Waals surface area contributed by atoms with Gasteiger partial charge in [0.1, 0.15) is 18.0 Å². The number of hydrogen-bond acceptors (Lipinski definition) is 4. The fourth-order valence-electron chi connectivity index (χ4n) is 3.65.